The van der Waals surface area contributed by atoms with Gasteiger partial charge in [0.1, 0.15) is 28.9 Å². The number of ether oxygens (including phenoxy) is 2. The minimum Gasteiger partial charge on any atom is -0.494 e. The molecule has 0 spiro atoms. The number of nitrogens with zero attached hydrogens (tertiary/aromatic N) is 1. The molecule has 2 aromatic rings. The van der Waals surface area contributed by atoms with Gasteiger partial charge >= 0.3 is 0 Å². The maximum Gasteiger partial charge on any atom is 0.252 e. The summed E-state index contributed by atoms with van der Waals surface area (Å²) in [6, 6.07) is 11.1. The first-order valence-electron chi connectivity index (χ1n) is 8.82. The fourth-order valence-corrected chi connectivity index (χ4v) is 5.53. The van der Waals surface area contributed by atoms with E-state index < -0.39 is 10.0 Å². The van der Waals surface area contributed by atoms with Gasteiger partial charge in [0.15, 0.2) is 0 Å². The molecular formula is C18H25N2O4S2+. The van der Waals surface area contributed by atoms with Crippen molar-refractivity contribution < 1.29 is 22.8 Å². The Hall–Kier alpha value is -1.61. The summed E-state index contributed by atoms with van der Waals surface area (Å²) in [4.78, 5) is 1.37. The molecule has 1 fully saturated rings. The molecule has 1 N–H and O–H groups in total. The van der Waals surface area contributed by atoms with Gasteiger partial charge in [0.25, 0.3) is 10.0 Å². The van der Waals surface area contributed by atoms with Crippen molar-refractivity contribution in [3.8, 4) is 11.5 Å². The monoisotopic (exact) mass is 397 g/mol. The van der Waals surface area contributed by atoms with Crippen molar-refractivity contribution in [3.05, 3.63) is 41.8 Å². The van der Waals surface area contributed by atoms with Crippen molar-refractivity contribution >= 4 is 21.4 Å². The van der Waals surface area contributed by atoms with Crippen molar-refractivity contribution in [2.24, 2.45) is 0 Å². The lowest BCUT2D eigenvalue weighted by atomic mass is 10.3. The van der Waals surface area contributed by atoms with Gasteiger partial charge in [-0.25, -0.2) is 8.42 Å². The van der Waals surface area contributed by atoms with Crippen LogP contribution in [-0.2, 0) is 10.0 Å². The van der Waals surface area contributed by atoms with Crippen LogP contribution in [0.15, 0.2) is 46.0 Å². The summed E-state index contributed by atoms with van der Waals surface area (Å²) in [6.45, 7) is 6.79. The van der Waals surface area contributed by atoms with E-state index in [0.29, 0.717) is 30.5 Å². The van der Waals surface area contributed by atoms with E-state index in [4.69, 9.17) is 9.47 Å². The summed E-state index contributed by atoms with van der Waals surface area (Å²) in [7, 11) is -3.32. The van der Waals surface area contributed by atoms with E-state index in [9.17, 15) is 8.42 Å². The maximum atomic E-state index is 12.5. The number of benzene rings is 1. The minimum atomic E-state index is -3.32. The molecule has 1 aliphatic rings. The third-order valence-corrected chi connectivity index (χ3v) is 7.65. The molecule has 1 aromatic heterocycles. The van der Waals surface area contributed by atoms with E-state index in [0.717, 1.165) is 31.1 Å². The summed E-state index contributed by atoms with van der Waals surface area (Å²) in [5.74, 6) is 1.67. The second kappa shape index (κ2) is 8.85. The molecule has 1 aromatic carbocycles. The molecule has 2 heterocycles. The lowest BCUT2D eigenvalue weighted by Crippen LogP contribution is -3.15. The molecule has 8 heteroatoms. The quantitative estimate of drug-likeness (QED) is 0.725. The summed E-state index contributed by atoms with van der Waals surface area (Å²) in [5, 5.41) is 1.80. The molecule has 26 heavy (non-hydrogen) atoms. The molecular weight excluding hydrogens is 372 g/mol. The molecule has 0 bridgehead atoms. The van der Waals surface area contributed by atoms with Crippen LogP contribution in [0, 0.1) is 0 Å². The molecule has 1 saturated heterocycles. The van der Waals surface area contributed by atoms with Gasteiger partial charge in [-0.15, -0.1) is 11.3 Å². The summed E-state index contributed by atoms with van der Waals surface area (Å²) in [6.07, 6.45) is 0. The Labute approximate surface area is 159 Å². The zero-order valence-corrected chi connectivity index (χ0v) is 16.5. The van der Waals surface area contributed by atoms with Gasteiger partial charge in [-0.2, -0.15) is 4.31 Å². The first kappa shape index (κ1) is 19.2. The molecule has 0 radical (unpaired) electrons. The Kier molecular flexibility index (Phi) is 6.53. The predicted molar refractivity (Wildman–Crippen MR) is 102 cm³/mol. The summed E-state index contributed by atoms with van der Waals surface area (Å²) >= 11 is 1.27. The van der Waals surface area contributed by atoms with E-state index in [1.165, 1.54) is 16.2 Å². The van der Waals surface area contributed by atoms with E-state index in [2.05, 4.69) is 0 Å². The average molecular weight is 398 g/mol. The van der Waals surface area contributed by atoms with E-state index >= 15 is 0 Å². The Balaban J connectivity index is 1.42. The summed E-state index contributed by atoms with van der Waals surface area (Å²) in [5.41, 5.74) is 0. The van der Waals surface area contributed by atoms with Gasteiger partial charge in [0.05, 0.1) is 32.8 Å². The van der Waals surface area contributed by atoms with Crippen LogP contribution in [0.3, 0.4) is 0 Å². The number of quaternary nitrogens is 1. The predicted octanol–water partition coefficient (Wildman–Crippen LogP) is 1.12. The lowest BCUT2D eigenvalue weighted by Gasteiger charge is -2.31. The first-order valence-corrected chi connectivity index (χ1v) is 11.1. The van der Waals surface area contributed by atoms with E-state index in [-0.39, 0.29) is 0 Å². The van der Waals surface area contributed by atoms with Crippen LogP contribution >= 0.6 is 11.3 Å². The number of thiophene rings is 1. The Morgan fingerprint density at radius 2 is 1.73 bits per heavy atom. The lowest BCUT2D eigenvalue weighted by molar-refractivity contribution is -0.903. The van der Waals surface area contributed by atoms with Gasteiger partial charge in [-0.3, -0.25) is 0 Å². The molecule has 3 rings (SSSR count). The zero-order valence-electron chi connectivity index (χ0n) is 14.9. The minimum absolute atomic E-state index is 0.430. The standard InChI is InChI=1S/C18H24N2O4S2/c1-2-23-16-5-7-17(8-6-16)24-14-13-19-9-11-20(12-10-19)26(21,22)18-4-3-15-25-18/h3-8,15H,2,9-14H2,1H3/p+1. The highest BCUT2D eigenvalue weighted by atomic mass is 32.2. The third kappa shape index (κ3) is 4.76. The number of piperazine rings is 1. The number of hydrogen-bond donors (Lipinski definition) is 1. The van der Waals surface area contributed by atoms with Crippen LogP contribution in [0.25, 0.3) is 0 Å². The SMILES string of the molecule is CCOc1ccc(OCC[NH+]2CCN(S(=O)(=O)c3cccs3)CC2)cc1. The second-order valence-corrected chi connectivity index (χ2v) is 9.20. The van der Waals surface area contributed by atoms with Crippen molar-refractivity contribution in [3.63, 3.8) is 0 Å². The van der Waals surface area contributed by atoms with Gasteiger partial charge in [0, 0.05) is 0 Å². The van der Waals surface area contributed by atoms with Gasteiger partial charge in [-0.05, 0) is 42.6 Å². The molecule has 0 amide bonds. The Morgan fingerprint density at radius 1 is 1.08 bits per heavy atom. The number of sulfonamides is 1. The van der Waals surface area contributed by atoms with E-state index in [1.54, 1.807) is 21.8 Å². The van der Waals surface area contributed by atoms with Gasteiger partial charge in [-0.1, -0.05) is 6.07 Å². The second-order valence-electron chi connectivity index (χ2n) is 6.09. The molecule has 142 valence electrons. The van der Waals surface area contributed by atoms with Gasteiger partial charge < -0.3 is 14.4 Å². The topological polar surface area (TPSA) is 60.3 Å². The zero-order chi connectivity index (χ0) is 18.4. The van der Waals surface area contributed by atoms with E-state index in [1.807, 2.05) is 31.2 Å². The first-order chi connectivity index (χ1) is 12.6. The smallest absolute Gasteiger partial charge is 0.252 e. The number of nitrogens with one attached hydrogen (secondary N) is 1. The number of rotatable bonds is 8. The third-order valence-electron chi connectivity index (χ3n) is 4.38. The van der Waals surface area contributed by atoms with Crippen LogP contribution in [-0.4, -0.2) is 58.7 Å². The van der Waals surface area contributed by atoms with Crippen molar-refractivity contribution in [2.75, 3.05) is 45.9 Å². The van der Waals surface area contributed by atoms with Gasteiger partial charge in [0.2, 0.25) is 0 Å². The summed E-state index contributed by atoms with van der Waals surface area (Å²) < 4.78 is 38.3. The molecule has 0 unspecified atom stereocenters. The number of hydrogen-bond acceptors (Lipinski definition) is 5. The van der Waals surface area contributed by atoms with Crippen molar-refractivity contribution in [1.29, 1.82) is 0 Å². The molecule has 6 nitrogen and oxygen atoms in total. The molecule has 1 aliphatic heterocycles. The fraction of sp³-hybridized carbons (Fsp3) is 0.444. The highest BCUT2D eigenvalue weighted by Gasteiger charge is 2.30. The molecule has 0 aliphatic carbocycles. The van der Waals surface area contributed by atoms with Crippen molar-refractivity contribution in [2.45, 2.75) is 11.1 Å². The molecule has 0 atom stereocenters. The Morgan fingerprint density at radius 3 is 2.31 bits per heavy atom. The maximum absolute atomic E-state index is 12.5. The normalized spacial score (nSPS) is 16.5. The van der Waals surface area contributed by atoms with Crippen LogP contribution in [0.2, 0.25) is 0 Å². The van der Waals surface area contributed by atoms with Crippen LogP contribution in [0.5, 0.6) is 11.5 Å². The molecule has 0 saturated carbocycles. The highest BCUT2D eigenvalue weighted by Crippen LogP contribution is 2.20. The largest absolute Gasteiger partial charge is 0.494 e. The van der Waals surface area contributed by atoms with Crippen LogP contribution < -0.4 is 14.4 Å². The fourth-order valence-electron chi connectivity index (χ4n) is 2.94. The Bertz CT molecular complexity index is 768. The van der Waals surface area contributed by atoms with Crippen molar-refractivity contribution in [1.82, 2.24) is 4.31 Å². The van der Waals surface area contributed by atoms with Crippen LogP contribution in [0.4, 0.5) is 0 Å². The highest BCUT2D eigenvalue weighted by molar-refractivity contribution is 7.91. The van der Waals surface area contributed by atoms with Crippen LogP contribution in [0.1, 0.15) is 6.92 Å². The average Bonchev–Trinajstić information content (AvgIpc) is 3.20.